The number of fused-ring (bicyclic) bond motifs is 3. The first kappa shape index (κ1) is 11.7. The Morgan fingerprint density at radius 2 is 2.06 bits per heavy atom. The number of Topliss-reactive ketones (excluding diaryl/α,β-unsaturated/α-hetero) is 1. The van der Waals surface area contributed by atoms with Gasteiger partial charge in [-0.3, -0.25) is 4.79 Å². The lowest BCUT2D eigenvalue weighted by atomic mass is 9.67. The Labute approximate surface area is 106 Å². The highest BCUT2D eigenvalue weighted by Crippen LogP contribution is 2.45. The summed E-state index contributed by atoms with van der Waals surface area (Å²) in [5.74, 6) is 0.850. The molecule has 0 amide bonds. The molecule has 1 saturated carbocycles. The van der Waals surface area contributed by atoms with E-state index >= 15 is 0 Å². The van der Waals surface area contributed by atoms with E-state index in [1.807, 2.05) is 6.07 Å². The molecule has 2 atom stereocenters. The van der Waals surface area contributed by atoms with Crippen LogP contribution in [0, 0.1) is 11.7 Å². The molecule has 0 bridgehead atoms. The summed E-state index contributed by atoms with van der Waals surface area (Å²) in [6, 6.07) is 3.37. The number of hydrogen-bond donors (Lipinski definition) is 0. The topological polar surface area (TPSA) is 26.3 Å². The minimum absolute atomic E-state index is 0.0501. The van der Waals surface area contributed by atoms with Gasteiger partial charge in [0.1, 0.15) is 17.3 Å². The van der Waals surface area contributed by atoms with Crippen molar-refractivity contribution in [3.63, 3.8) is 0 Å². The van der Waals surface area contributed by atoms with E-state index < -0.39 is 0 Å². The molecule has 18 heavy (non-hydrogen) atoms. The zero-order valence-electron chi connectivity index (χ0n) is 10.5. The molecule has 1 aromatic rings. The molecule has 2 nitrogen and oxygen atoms in total. The maximum absolute atomic E-state index is 14.2. The Kier molecular flexibility index (Phi) is 2.84. The van der Waals surface area contributed by atoms with E-state index in [4.69, 9.17) is 4.74 Å². The van der Waals surface area contributed by atoms with Crippen molar-refractivity contribution in [1.82, 2.24) is 0 Å². The van der Waals surface area contributed by atoms with E-state index in [-0.39, 0.29) is 17.7 Å². The van der Waals surface area contributed by atoms with Gasteiger partial charge in [-0.05, 0) is 48.8 Å². The Hall–Kier alpha value is -1.38. The third kappa shape index (κ3) is 1.73. The van der Waals surface area contributed by atoms with Gasteiger partial charge in [-0.2, -0.15) is 0 Å². The smallest absolute Gasteiger partial charge is 0.136 e. The number of rotatable bonds is 1. The van der Waals surface area contributed by atoms with Crippen LogP contribution < -0.4 is 4.74 Å². The van der Waals surface area contributed by atoms with Gasteiger partial charge in [0.2, 0.25) is 0 Å². The monoisotopic (exact) mass is 248 g/mol. The van der Waals surface area contributed by atoms with Crippen LogP contribution in [-0.2, 0) is 11.2 Å². The first-order valence-corrected chi connectivity index (χ1v) is 6.59. The van der Waals surface area contributed by atoms with Crippen LogP contribution in [0.3, 0.4) is 0 Å². The molecule has 2 aliphatic carbocycles. The van der Waals surface area contributed by atoms with Crippen LogP contribution in [-0.4, -0.2) is 12.9 Å². The van der Waals surface area contributed by atoms with Crippen molar-refractivity contribution in [2.24, 2.45) is 5.92 Å². The molecule has 0 aliphatic heterocycles. The predicted octanol–water partition coefficient (Wildman–Crippen LogP) is 3.23. The first-order valence-electron chi connectivity index (χ1n) is 6.59. The summed E-state index contributed by atoms with van der Waals surface area (Å²) in [7, 11) is 1.55. The van der Waals surface area contributed by atoms with Gasteiger partial charge in [-0.15, -0.1) is 0 Å². The van der Waals surface area contributed by atoms with Crippen molar-refractivity contribution in [2.75, 3.05) is 7.11 Å². The quantitative estimate of drug-likeness (QED) is 0.762. The second kappa shape index (κ2) is 4.38. The van der Waals surface area contributed by atoms with Crippen LogP contribution in [0.1, 0.15) is 42.7 Å². The third-order valence-electron chi connectivity index (χ3n) is 4.36. The number of ketones is 1. The lowest BCUT2D eigenvalue weighted by Gasteiger charge is -2.36. The number of benzene rings is 1. The van der Waals surface area contributed by atoms with Gasteiger partial charge in [-0.25, -0.2) is 4.39 Å². The van der Waals surface area contributed by atoms with Crippen LogP contribution in [0.5, 0.6) is 5.75 Å². The maximum atomic E-state index is 14.2. The molecule has 2 unspecified atom stereocenters. The summed E-state index contributed by atoms with van der Waals surface area (Å²) in [4.78, 5) is 11.9. The van der Waals surface area contributed by atoms with Crippen molar-refractivity contribution < 1.29 is 13.9 Å². The van der Waals surface area contributed by atoms with Gasteiger partial charge in [0.25, 0.3) is 0 Å². The Balaban J connectivity index is 2.06. The normalized spacial score (nSPS) is 26.4. The SMILES string of the molecule is COc1cc(F)c2c(c1)CCC1C(=O)CCCC21. The molecule has 2 aliphatic rings. The number of halogens is 1. The summed E-state index contributed by atoms with van der Waals surface area (Å²) >= 11 is 0. The molecule has 3 rings (SSSR count). The lowest BCUT2D eigenvalue weighted by molar-refractivity contribution is -0.125. The summed E-state index contributed by atoms with van der Waals surface area (Å²) in [5.41, 5.74) is 1.81. The molecule has 1 aromatic carbocycles. The standard InChI is InChI=1S/C15H17FO2/c1-18-10-7-9-5-6-11-12(3-2-4-14(11)17)15(9)13(16)8-10/h7-8,11-12H,2-6H2,1H3. The highest BCUT2D eigenvalue weighted by atomic mass is 19.1. The zero-order valence-corrected chi connectivity index (χ0v) is 10.5. The van der Waals surface area contributed by atoms with Crippen LogP contribution in [0.2, 0.25) is 0 Å². The van der Waals surface area contributed by atoms with E-state index in [9.17, 15) is 9.18 Å². The van der Waals surface area contributed by atoms with Gasteiger partial charge >= 0.3 is 0 Å². The van der Waals surface area contributed by atoms with Crippen molar-refractivity contribution >= 4 is 5.78 Å². The van der Waals surface area contributed by atoms with E-state index in [1.54, 1.807) is 7.11 Å². The fourth-order valence-corrected chi connectivity index (χ4v) is 3.51. The van der Waals surface area contributed by atoms with Gasteiger partial charge in [0.05, 0.1) is 7.11 Å². The number of hydrogen-bond acceptors (Lipinski definition) is 2. The number of carbonyl (C=O) groups is 1. The molecule has 96 valence electrons. The zero-order chi connectivity index (χ0) is 12.7. The van der Waals surface area contributed by atoms with E-state index in [0.29, 0.717) is 18.0 Å². The summed E-state index contributed by atoms with van der Waals surface area (Å²) in [6.07, 6.45) is 4.16. The number of aryl methyl sites for hydroxylation is 1. The summed E-state index contributed by atoms with van der Waals surface area (Å²) < 4.78 is 19.3. The fourth-order valence-electron chi connectivity index (χ4n) is 3.51. The third-order valence-corrected chi connectivity index (χ3v) is 4.36. The minimum atomic E-state index is -0.200. The lowest BCUT2D eigenvalue weighted by Crippen LogP contribution is -2.32. The summed E-state index contributed by atoms with van der Waals surface area (Å²) in [5, 5.41) is 0. The van der Waals surface area contributed by atoms with Crippen LogP contribution in [0.25, 0.3) is 0 Å². The average molecular weight is 248 g/mol. The highest BCUT2D eigenvalue weighted by molar-refractivity contribution is 5.83. The highest BCUT2D eigenvalue weighted by Gasteiger charge is 2.38. The molecule has 0 heterocycles. The molecule has 3 heteroatoms. The summed E-state index contributed by atoms with van der Waals surface area (Å²) in [6.45, 7) is 0. The fraction of sp³-hybridized carbons (Fsp3) is 0.533. The van der Waals surface area contributed by atoms with Gasteiger partial charge in [-0.1, -0.05) is 0 Å². The van der Waals surface area contributed by atoms with Crippen LogP contribution >= 0.6 is 0 Å². The first-order chi connectivity index (χ1) is 8.70. The molecule has 1 fully saturated rings. The van der Waals surface area contributed by atoms with Gasteiger partial charge < -0.3 is 4.74 Å². The molecular formula is C15H17FO2. The Morgan fingerprint density at radius 1 is 1.22 bits per heavy atom. The number of carbonyl (C=O) groups excluding carboxylic acids is 1. The van der Waals surface area contributed by atoms with Crippen molar-refractivity contribution in [2.45, 2.75) is 38.0 Å². The molecule has 0 saturated heterocycles. The van der Waals surface area contributed by atoms with Crippen molar-refractivity contribution in [3.8, 4) is 5.75 Å². The largest absolute Gasteiger partial charge is 0.497 e. The number of ether oxygens (including phenoxy) is 1. The maximum Gasteiger partial charge on any atom is 0.136 e. The molecule has 0 aromatic heterocycles. The van der Waals surface area contributed by atoms with Crippen molar-refractivity contribution in [1.29, 1.82) is 0 Å². The second-order valence-corrected chi connectivity index (χ2v) is 5.29. The van der Waals surface area contributed by atoms with Crippen molar-refractivity contribution in [3.05, 3.63) is 29.1 Å². The predicted molar refractivity (Wildman–Crippen MR) is 66.4 cm³/mol. The molecular weight excluding hydrogens is 231 g/mol. The molecule has 0 radical (unpaired) electrons. The average Bonchev–Trinajstić information content (AvgIpc) is 2.38. The van der Waals surface area contributed by atoms with Gasteiger partial charge in [0, 0.05) is 18.4 Å². The van der Waals surface area contributed by atoms with E-state index in [0.717, 1.165) is 36.8 Å². The second-order valence-electron chi connectivity index (χ2n) is 5.29. The Bertz CT molecular complexity index is 496. The van der Waals surface area contributed by atoms with E-state index in [2.05, 4.69) is 0 Å². The minimum Gasteiger partial charge on any atom is -0.497 e. The molecule has 0 N–H and O–H groups in total. The van der Waals surface area contributed by atoms with Crippen LogP contribution in [0.15, 0.2) is 12.1 Å². The Morgan fingerprint density at radius 3 is 2.83 bits per heavy atom. The van der Waals surface area contributed by atoms with Crippen LogP contribution in [0.4, 0.5) is 4.39 Å². The molecule has 0 spiro atoms. The van der Waals surface area contributed by atoms with Gasteiger partial charge in [0.15, 0.2) is 0 Å². The number of methoxy groups -OCH3 is 1. The van der Waals surface area contributed by atoms with E-state index in [1.165, 1.54) is 6.07 Å².